The topological polar surface area (TPSA) is 139 Å². The van der Waals surface area contributed by atoms with Gasteiger partial charge in [0.2, 0.25) is 0 Å². The molecule has 0 aromatic heterocycles. The van der Waals surface area contributed by atoms with Crippen molar-refractivity contribution in [2.24, 2.45) is 5.73 Å². The van der Waals surface area contributed by atoms with E-state index in [-0.39, 0.29) is 38.0 Å². The van der Waals surface area contributed by atoms with E-state index in [1.165, 1.54) is 5.56 Å². The Bertz CT molecular complexity index is 1610. The van der Waals surface area contributed by atoms with Gasteiger partial charge in [-0.1, -0.05) is 137 Å². The molecule has 0 heterocycles. The molecule has 0 atom stereocenters. The standard InChI is InChI=1S/C18H31NO.C16H27NO.C14H23NO/c1-16(2,3)13-9-12(11-18(7,8)19)10-14(15(13)20)17(4,5)6;1-7-15(3,4)12-9-11(17)10-13(14(12)18)16(5,6)8-2;1-13(2,3)10-7-9(15)8-11(12(10)16)14(4,5)6/h9-10,20H,11,19H2,1-8H3;9-10,18H,7-8,17H2,1-6H3;7-8,16H,15H2,1-6H3. The van der Waals surface area contributed by atoms with Crippen LogP contribution in [0.1, 0.15) is 190 Å². The molecule has 3 aromatic rings. The Balaban J connectivity index is 0.000000408. The summed E-state index contributed by atoms with van der Waals surface area (Å²) in [6, 6.07) is 11.8. The minimum atomic E-state index is -0.249. The van der Waals surface area contributed by atoms with Crippen LogP contribution in [0.4, 0.5) is 11.4 Å². The number of hydrogen-bond donors (Lipinski definition) is 6. The normalized spacial score (nSPS) is 13.1. The van der Waals surface area contributed by atoms with Crippen molar-refractivity contribution >= 4 is 11.4 Å². The third-order valence-corrected chi connectivity index (χ3v) is 10.6. The molecule has 0 spiro atoms. The fraction of sp³-hybridized carbons (Fsp3) is 0.625. The largest absolute Gasteiger partial charge is 0.507 e. The Morgan fingerprint density at radius 1 is 0.407 bits per heavy atom. The lowest BCUT2D eigenvalue weighted by Crippen LogP contribution is -2.34. The smallest absolute Gasteiger partial charge is 0.123 e. The van der Waals surface area contributed by atoms with Gasteiger partial charge in [-0.3, -0.25) is 0 Å². The molecular weight excluding hydrogens is 667 g/mol. The fourth-order valence-corrected chi connectivity index (χ4v) is 6.34. The molecular formula is C48H81N3O3. The molecule has 0 saturated heterocycles. The lowest BCUT2D eigenvalue weighted by atomic mass is 9.75. The second kappa shape index (κ2) is 16.8. The first kappa shape index (κ1) is 48.6. The third kappa shape index (κ3) is 13.1. The Labute approximate surface area is 331 Å². The number of phenols is 3. The number of nitrogens with two attached hydrogens (primary N) is 3. The highest BCUT2D eigenvalue weighted by atomic mass is 16.3. The summed E-state index contributed by atoms with van der Waals surface area (Å²) in [5, 5.41) is 31.6. The van der Waals surface area contributed by atoms with E-state index in [2.05, 4.69) is 137 Å². The Kier molecular flexibility index (Phi) is 15.1. The fourth-order valence-electron chi connectivity index (χ4n) is 6.34. The Hall–Kier alpha value is -3.38. The van der Waals surface area contributed by atoms with Gasteiger partial charge in [0.05, 0.1) is 0 Å². The van der Waals surface area contributed by atoms with Crippen LogP contribution in [-0.4, -0.2) is 20.9 Å². The van der Waals surface area contributed by atoms with Crippen molar-refractivity contribution in [3.8, 4) is 17.2 Å². The molecule has 3 rings (SSSR count). The monoisotopic (exact) mass is 748 g/mol. The zero-order valence-electron chi connectivity index (χ0n) is 38.2. The molecule has 0 fully saturated rings. The minimum absolute atomic E-state index is 0.0575. The first-order chi connectivity index (χ1) is 23.9. The lowest BCUT2D eigenvalue weighted by Gasteiger charge is -2.30. The number of anilines is 2. The number of nitrogen functional groups attached to an aromatic ring is 2. The molecule has 0 aliphatic carbocycles. The highest BCUT2D eigenvalue weighted by molar-refractivity contribution is 5.58. The summed E-state index contributed by atoms with van der Waals surface area (Å²) in [5.74, 6) is 1.24. The van der Waals surface area contributed by atoms with Crippen LogP contribution in [0.3, 0.4) is 0 Å². The second-order valence-electron chi connectivity index (χ2n) is 21.6. The molecule has 0 saturated carbocycles. The molecule has 0 unspecified atom stereocenters. The second-order valence-corrected chi connectivity index (χ2v) is 21.6. The summed E-state index contributed by atoms with van der Waals surface area (Å²) in [6.45, 7) is 42.2. The quantitative estimate of drug-likeness (QED) is 0.110. The summed E-state index contributed by atoms with van der Waals surface area (Å²) in [7, 11) is 0. The first-order valence-corrected chi connectivity index (χ1v) is 19.8. The van der Waals surface area contributed by atoms with Crippen LogP contribution >= 0.6 is 0 Å². The van der Waals surface area contributed by atoms with E-state index in [4.69, 9.17) is 17.2 Å². The van der Waals surface area contributed by atoms with Crippen LogP contribution in [0.2, 0.25) is 0 Å². The van der Waals surface area contributed by atoms with Gasteiger partial charge in [-0.2, -0.15) is 0 Å². The van der Waals surface area contributed by atoms with Gasteiger partial charge in [0.15, 0.2) is 0 Å². The van der Waals surface area contributed by atoms with Crippen LogP contribution in [-0.2, 0) is 38.9 Å². The van der Waals surface area contributed by atoms with Crippen LogP contribution in [0.15, 0.2) is 36.4 Å². The summed E-state index contributed by atoms with van der Waals surface area (Å²) in [5.41, 5.74) is 25.8. The van der Waals surface area contributed by atoms with Crippen molar-refractivity contribution in [3.05, 3.63) is 75.3 Å². The first-order valence-electron chi connectivity index (χ1n) is 19.8. The highest BCUT2D eigenvalue weighted by Crippen LogP contribution is 2.44. The number of phenolic OH excluding ortho intramolecular Hbond substituents is 3. The Morgan fingerprint density at radius 3 is 0.852 bits per heavy atom. The molecule has 0 bridgehead atoms. The van der Waals surface area contributed by atoms with E-state index in [1.54, 1.807) is 0 Å². The predicted molar refractivity (Wildman–Crippen MR) is 237 cm³/mol. The molecule has 0 aliphatic rings. The van der Waals surface area contributed by atoms with Crippen LogP contribution in [0.25, 0.3) is 0 Å². The van der Waals surface area contributed by atoms with E-state index in [0.717, 1.165) is 58.3 Å². The maximum absolute atomic E-state index is 10.7. The summed E-state index contributed by atoms with van der Waals surface area (Å²) >= 11 is 0. The van der Waals surface area contributed by atoms with Crippen molar-refractivity contribution in [1.82, 2.24) is 0 Å². The van der Waals surface area contributed by atoms with E-state index in [1.807, 2.05) is 38.1 Å². The molecule has 6 heteroatoms. The summed E-state index contributed by atoms with van der Waals surface area (Å²) < 4.78 is 0. The summed E-state index contributed by atoms with van der Waals surface area (Å²) in [4.78, 5) is 0. The van der Waals surface area contributed by atoms with Gasteiger partial charge in [-0.25, -0.2) is 0 Å². The third-order valence-electron chi connectivity index (χ3n) is 10.6. The average molecular weight is 748 g/mol. The molecule has 0 aliphatic heterocycles. The van der Waals surface area contributed by atoms with Crippen LogP contribution in [0.5, 0.6) is 17.2 Å². The van der Waals surface area contributed by atoms with Gasteiger partial charge in [0.25, 0.3) is 0 Å². The molecule has 0 amide bonds. The molecule has 3 aromatic carbocycles. The molecule has 54 heavy (non-hydrogen) atoms. The summed E-state index contributed by atoms with van der Waals surface area (Å²) in [6.07, 6.45) is 2.74. The molecule has 9 N–H and O–H groups in total. The van der Waals surface area contributed by atoms with Crippen molar-refractivity contribution in [3.63, 3.8) is 0 Å². The number of rotatable bonds is 6. The van der Waals surface area contributed by atoms with Crippen molar-refractivity contribution < 1.29 is 15.3 Å². The highest BCUT2D eigenvalue weighted by Gasteiger charge is 2.30. The van der Waals surface area contributed by atoms with Crippen molar-refractivity contribution in [2.75, 3.05) is 11.5 Å². The van der Waals surface area contributed by atoms with Crippen LogP contribution < -0.4 is 17.2 Å². The van der Waals surface area contributed by atoms with Crippen molar-refractivity contribution in [1.29, 1.82) is 0 Å². The number of benzene rings is 3. The van der Waals surface area contributed by atoms with Gasteiger partial charge in [0.1, 0.15) is 17.2 Å². The maximum Gasteiger partial charge on any atom is 0.123 e. The molecule has 0 radical (unpaired) electrons. The van der Waals surface area contributed by atoms with Gasteiger partial charge in [0, 0.05) is 39.2 Å². The van der Waals surface area contributed by atoms with Crippen molar-refractivity contribution in [2.45, 2.75) is 196 Å². The minimum Gasteiger partial charge on any atom is -0.507 e. The van der Waals surface area contributed by atoms with Gasteiger partial charge in [-0.05, 0) is 107 Å². The maximum atomic E-state index is 10.7. The predicted octanol–water partition coefficient (Wildman–Crippen LogP) is 12.2. The van der Waals surface area contributed by atoms with Gasteiger partial charge >= 0.3 is 0 Å². The number of hydrogen-bond acceptors (Lipinski definition) is 6. The van der Waals surface area contributed by atoms with E-state index in [0.29, 0.717) is 22.9 Å². The zero-order chi connectivity index (χ0) is 42.8. The Morgan fingerprint density at radius 2 is 0.630 bits per heavy atom. The molecule has 306 valence electrons. The molecule has 6 nitrogen and oxygen atoms in total. The average Bonchev–Trinajstić information content (AvgIpc) is 2.97. The van der Waals surface area contributed by atoms with Gasteiger partial charge in [-0.15, -0.1) is 0 Å². The zero-order valence-corrected chi connectivity index (χ0v) is 38.2. The van der Waals surface area contributed by atoms with E-state index < -0.39 is 0 Å². The van der Waals surface area contributed by atoms with E-state index >= 15 is 0 Å². The van der Waals surface area contributed by atoms with E-state index in [9.17, 15) is 15.3 Å². The lowest BCUT2D eigenvalue weighted by molar-refractivity contribution is 0.400. The van der Waals surface area contributed by atoms with Crippen LogP contribution in [0, 0.1) is 0 Å². The number of aromatic hydroxyl groups is 3. The van der Waals surface area contributed by atoms with Gasteiger partial charge < -0.3 is 32.5 Å². The SMILES string of the molecule is CC(C)(C)c1cc(N)cc(C(C)(C)C)c1O.CC(C)(N)Cc1cc(C(C)(C)C)c(O)c(C(C)(C)C)c1.CCC(C)(C)c1cc(N)cc(C(C)(C)CC)c1O.